The van der Waals surface area contributed by atoms with Crippen molar-refractivity contribution in [2.24, 2.45) is 0 Å². The molecule has 2 aromatic carbocycles. The summed E-state index contributed by atoms with van der Waals surface area (Å²) < 4.78 is 70.0. The molecule has 12 heteroatoms. The maximum absolute atomic E-state index is 12.7. The SMILES string of the molecule is CN(C(=O)c1ccc(NS(=O)(=O)c2cccc(C(=O)NCC(F)(F)F)c2)cc1)C1CCOCC1. The third kappa shape index (κ3) is 6.70. The Hall–Kier alpha value is -3.12. The maximum Gasteiger partial charge on any atom is 0.405 e. The topological polar surface area (TPSA) is 105 Å². The fraction of sp³-hybridized carbons (Fsp3) is 0.364. The molecule has 8 nitrogen and oxygen atoms in total. The van der Waals surface area contributed by atoms with Crippen molar-refractivity contribution in [1.82, 2.24) is 10.2 Å². The quantitative estimate of drug-likeness (QED) is 0.610. The molecule has 0 unspecified atom stereocenters. The molecule has 0 atom stereocenters. The number of anilines is 1. The Kier molecular flexibility index (Phi) is 7.82. The highest BCUT2D eigenvalue weighted by molar-refractivity contribution is 7.92. The van der Waals surface area contributed by atoms with E-state index in [1.807, 2.05) is 0 Å². The number of alkyl halides is 3. The summed E-state index contributed by atoms with van der Waals surface area (Å²) in [6.07, 6.45) is -3.10. The number of amides is 2. The summed E-state index contributed by atoms with van der Waals surface area (Å²) in [7, 11) is -2.43. The van der Waals surface area contributed by atoms with Crippen molar-refractivity contribution in [2.45, 2.75) is 30.0 Å². The molecule has 0 aromatic heterocycles. The Morgan fingerprint density at radius 3 is 2.32 bits per heavy atom. The van der Waals surface area contributed by atoms with E-state index in [2.05, 4.69) is 4.72 Å². The van der Waals surface area contributed by atoms with Gasteiger partial charge in [-0.1, -0.05) is 6.07 Å². The zero-order valence-corrected chi connectivity index (χ0v) is 19.1. The molecular formula is C22H24F3N3O5S. The van der Waals surface area contributed by atoms with Crippen LogP contribution in [0.4, 0.5) is 18.9 Å². The number of hydrogen-bond donors (Lipinski definition) is 2. The normalized spacial score (nSPS) is 14.9. The van der Waals surface area contributed by atoms with Crippen LogP contribution in [-0.2, 0) is 14.8 Å². The van der Waals surface area contributed by atoms with Crippen LogP contribution in [0.5, 0.6) is 0 Å². The van der Waals surface area contributed by atoms with Gasteiger partial charge in [0.25, 0.3) is 21.8 Å². The Bertz CT molecular complexity index is 1130. The molecule has 0 radical (unpaired) electrons. The number of rotatable bonds is 7. The highest BCUT2D eigenvalue weighted by Gasteiger charge is 2.28. The first kappa shape index (κ1) is 25.5. The number of nitrogens with zero attached hydrogens (tertiary/aromatic N) is 1. The van der Waals surface area contributed by atoms with Crippen molar-refractivity contribution >= 4 is 27.5 Å². The molecule has 0 bridgehead atoms. The fourth-order valence-electron chi connectivity index (χ4n) is 3.42. The second-order valence-corrected chi connectivity index (χ2v) is 9.45. The van der Waals surface area contributed by atoms with Crippen LogP contribution >= 0.6 is 0 Å². The standard InChI is InChI=1S/C22H24F3N3O5S/c1-28(18-9-11-33-12-10-18)21(30)15-5-7-17(8-6-15)27-34(31,32)19-4-2-3-16(13-19)20(29)26-14-22(23,24)25/h2-8,13,18,27H,9-12,14H2,1H3,(H,26,29). The van der Waals surface area contributed by atoms with Gasteiger partial charge in [-0.2, -0.15) is 13.2 Å². The van der Waals surface area contributed by atoms with Gasteiger partial charge in [0.1, 0.15) is 6.54 Å². The average molecular weight is 500 g/mol. The number of hydrogen-bond acceptors (Lipinski definition) is 5. The third-order valence-corrected chi connectivity index (χ3v) is 6.68. The number of carbonyl (C=O) groups excluding carboxylic acids is 2. The molecule has 1 aliphatic rings. The minimum atomic E-state index is -4.59. The molecule has 1 heterocycles. The molecule has 3 rings (SSSR count). The third-order valence-electron chi connectivity index (χ3n) is 5.30. The van der Waals surface area contributed by atoms with Gasteiger partial charge >= 0.3 is 6.18 Å². The van der Waals surface area contributed by atoms with Crippen molar-refractivity contribution < 1.29 is 35.9 Å². The van der Waals surface area contributed by atoms with Crippen molar-refractivity contribution in [3.63, 3.8) is 0 Å². The van der Waals surface area contributed by atoms with E-state index in [1.54, 1.807) is 17.3 Å². The van der Waals surface area contributed by atoms with E-state index in [4.69, 9.17) is 4.74 Å². The number of carbonyl (C=O) groups is 2. The first-order valence-corrected chi connectivity index (χ1v) is 11.9. The van der Waals surface area contributed by atoms with E-state index in [0.29, 0.717) is 18.8 Å². The lowest BCUT2D eigenvalue weighted by Gasteiger charge is -2.31. The van der Waals surface area contributed by atoms with Crippen LogP contribution in [0.1, 0.15) is 33.6 Å². The molecule has 0 aliphatic carbocycles. The van der Waals surface area contributed by atoms with Crippen LogP contribution < -0.4 is 10.0 Å². The lowest BCUT2D eigenvalue weighted by molar-refractivity contribution is -0.123. The molecule has 1 aliphatic heterocycles. The summed E-state index contributed by atoms with van der Waals surface area (Å²) in [5.74, 6) is -1.25. The monoisotopic (exact) mass is 499 g/mol. The van der Waals surface area contributed by atoms with Gasteiger partial charge in [-0.25, -0.2) is 8.42 Å². The molecule has 1 fully saturated rings. The summed E-state index contributed by atoms with van der Waals surface area (Å²) in [6, 6.07) is 10.6. The predicted molar refractivity (Wildman–Crippen MR) is 118 cm³/mol. The van der Waals surface area contributed by atoms with Crippen LogP contribution in [0.3, 0.4) is 0 Å². The van der Waals surface area contributed by atoms with Crippen molar-refractivity contribution in [2.75, 3.05) is 31.5 Å². The van der Waals surface area contributed by atoms with Crippen LogP contribution in [0.15, 0.2) is 53.4 Å². The minimum absolute atomic E-state index is 0.0695. The van der Waals surface area contributed by atoms with Crippen molar-refractivity contribution in [1.29, 1.82) is 0 Å². The van der Waals surface area contributed by atoms with Gasteiger partial charge < -0.3 is 15.0 Å². The molecule has 2 aromatic rings. The van der Waals surface area contributed by atoms with Gasteiger partial charge in [0.15, 0.2) is 0 Å². The molecule has 2 amide bonds. The lowest BCUT2D eigenvalue weighted by atomic mass is 10.1. The van der Waals surface area contributed by atoms with Crippen LogP contribution in [-0.4, -0.2) is 64.2 Å². The first-order chi connectivity index (χ1) is 16.0. The lowest BCUT2D eigenvalue weighted by Crippen LogP contribution is -2.40. The van der Waals surface area contributed by atoms with E-state index in [1.165, 1.54) is 42.5 Å². The number of sulfonamides is 1. The molecule has 0 spiro atoms. The van der Waals surface area contributed by atoms with Gasteiger partial charge in [-0.15, -0.1) is 0 Å². The summed E-state index contributed by atoms with van der Waals surface area (Å²) in [5.41, 5.74) is 0.335. The Balaban J connectivity index is 1.68. The van der Waals surface area contributed by atoms with E-state index >= 15 is 0 Å². The van der Waals surface area contributed by atoms with Gasteiger partial charge in [0.05, 0.1) is 4.90 Å². The molecule has 1 saturated heterocycles. The molecule has 0 saturated carbocycles. The molecule has 34 heavy (non-hydrogen) atoms. The molecule has 184 valence electrons. The summed E-state index contributed by atoms with van der Waals surface area (Å²) in [5, 5.41) is 1.69. The second-order valence-electron chi connectivity index (χ2n) is 7.77. The summed E-state index contributed by atoms with van der Waals surface area (Å²) in [4.78, 5) is 26.0. The second kappa shape index (κ2) is 10.4. The zero-order valence-electron chi connectivity index (χ0n) is 18.3. The minimum Gasteiger partial charge on any atom is -0.381 e. The predicted octanol–water partition coefficient (Wildman–Crippen LogP) is 3.03. The van der Waals surface area contributed by atoms with Crippen molar-refractivity contribution in [3.8, 4) is 0 Å². The number of ether oxygens (including phenoxy) is 1. The van der Waals surface area contributed by atoms with E-state index in [0.717, 1.165) is 18.9 Å². The van der Waals surface area contributed by atoms with E-state index in [9.17, 15) is 31.2 Å². The Morgan fingerprint density at radius 1 is 1.06 bits per heavy atom. The van der Waals surface area contributed by atoms with Crippen LogP contribution in [0, 0.1) is 0 Å². The Labute approximate surface area is 195 Å². The number of benzene rings is 2. The van der Waals surface area contributed by atoms with Gasteiger partial charge in [0, 0.05) is 43.1 Å². The highest BCUT2D eigenvalue weighted by Crippen LogP contribution is 2.20. The summed E-state index contributed by atoms with van der Waals surface area (Å²) in [6.45, 7) is -0.349. The number of nitrogens with one attached hydrogen (secondary N) is 2. The van der Waals surface area contributed by atoms with E-state index in [-0.39, 0.29) is 28.1 Å². The smallest absolute Gasteiger partial charge is 0.381 e. The maximum atomic E-state index is 12.7. The highest BCUT2D eigenvalue weighted by atomic mass is 32.2. The van der Waals surface area contributed by atoms with Gasteiger partial charge in [0.2, 0.25) is 0 Å². The Morgan fingerprint density at radius 2 is 1.71 bits per heavy atom. The number of halogens is 3. The molecule has 2 N–H and O–H groups in total. The van der Waals surface area contributed by atoms with Crippen LogP contribution in [0.25, 0.3) is 0 Å². The van der Waals surface area contributed by atoms with Crippen molar-refractivity contribution in [3.05, 3.63) is 59.7 Å². The van der Waals surface area contributed by atoms with Gasteiger partial charge in [-0.05, 0) is 55.3 Å². The van der Waals surface area contributed by atoms with Crippen LogP contribution in [0.2, 0.25) is 0 Å². The van der Waals surface area contributed by atoms with E-state index < -0.39 is 28.7 Å². The first-order valence-electron chi connectivity index (χ1n) is 10.4. The molecular weight excluding hydrogens is 475 g/mol. The average Bonchev–Trinajstić information content (AvgIpc) is 2.82. The van der Waals surface area contributed by atoms with Gasteiger partial charge in [-0.3, -0.25) is 14.3 Å². The fourth-order valence-corrected chi connectivity index (χ4v) is 4.53. The zero-order chi connectivity index (χ0) is 24.9. The largest absolute Gasteiger partial charge is 0.405 e. The summed E-state index contributed by atoms with van der Waals surface area (Å²) >= 11 is 0.